The van der Waals surface area contributed by atoms with Gasteiger partial charge in [0.25, 0.3) is 5.56 Å². The number of hydrogen-bond donors (Lipinski definition) is 2. The van der Waals surface area contributed by atoms with Crippen LogP contribution < -0.4 is 21.1 Å². The number of benzene rings is 1. The Morgan fingerprint density at radius 3 is 2.88 bits per heavy atom. The summed E-state index contributed by atoms with van der Waals surface area (Å²) >= 11 is 1.27. The Morgan fingerprint density at radius 2 is 2.09 bits per heavy atom. The Bertz CT molecular complexity index is 1270. The Morgan fingerprint density at radius 1 is 1.26 bits per heavy atom. The van der Waals surface area contributed by atoms with E-state index in [9.17, 15) is 14.4 Å². The van der Waals surface area contributed by atoms with Crippen LogP contribution in [0.2, 0.25) is 0 Å². The van der Waals surface area contributed by atoms with E-state index < -0.39 is 0 Å². The predicted octanol–water partition coefficient (Wildman–Crippen LogP) is 2.85. The van der Waals surface area contributed by atoms with Crippen molar-refractivity contribution in [2.24, 2.45) is 5.92 Å². The fourth-order valence-electron chi connectivity index (χ4n) is 4.07. The highest BCUT2D eigenvalue weighted by Crippen LogP contribution is 2.29. The number of carbonyl (C=O) groups excluding carboxylic acids is 2. The quantitative estimate of drug-likeness (QED) is 0.536. The first-order chi connectivity index (χ1) is 16.4. The number of fused-ring (bicyclic) bond motifs is 1. The molecular formula is C24H30N6O3S. The van der Waals surface area contributed by atoms with Crippen molar-refractivity contribution in [3.8, 4) is 0 Å². The number of piperidine rings is 1. The maximum absolute atomic E-state index is 13.1. The van der Waals surface area contributed by atoms with Gasteiger partial charge >= 0.3 is 0 Å². The van der Waals surface area contributed by atoms with Crippen molar-refractivity contribution in [3.05, 3.63) is 46.0 Å². The summed E-state index contributed by atoms with van der Waals surface area (Å²) in [5, 5.41) is 6.54. The topological polar surface area (TPSA) is 109 Å². The summed E-state index contributed by atoms with van der Waals surface area (Å²) in [4.78, 5) is 49.0. The van der Waals surface area contributed by atoms with Gasteiger partial charge in [-0.15, -0.1) is 0 Å². The normalized spacial score (nSPS) is 16.0. The highest BCUT2D eigenvalue weighted by Gasteiger charge is 2.27. The first-order valence-corrected chi connectivity index (χ1v) is 12.4. The number of aromatic nitrogens is 3. The zero-order chi connectivity index (χ0) is 24.2. The molecule has 10 heteroatoms. The average Bonchev–Trinajstić information content (AvgIpc) is 3.28. The van der Waals surface area contributed by atoms with Crippen molar-refractivity contribution in [1.29, 1.82) is 0 Å². The van der Waals surface area contributed by atoms with E-state index in [4.69, 9.17) is 0 Å². The third-order valence-electron chi connectivity index (χ3n) is 6.18. The predicted molar refractivity (Wildman–Crippen MR) is 134 cm³/mol. The van der Waals surface area contributed by atoms with Crippen molar-refractivity contribution >= 4 is 44.3 Å². The van der Waals surface area contributed by atoms with Crippen molar-refractivity contribution in [1.82, 2.24) is 19.9 Å². The van der Waals surface area contributed by atoms with E-state index in [2.05, 4.69) is 25.5 Å². The molecule has 0 aliphatic carbocycles. The van der Waals surface area contributed by atoms with Crippen molar-refractivity contribution in [3.63, 3.8) is 0 Å². The third-order valence-corrected chi connectivity index (χ3v) is 7.27. The SMILES string of the molecule is CCCNC(=O)[C@H]1CCCN(c2nc3ncn(CC(=O)Nc4cccc(C)c4C)c(=O)c3s2)C1. The van der Waals surface area contributed by atoms with E-state index in [1.54, 1.807) is 0 Å². The zero-order valence-electron chi connectivity index (χ0n) is 19.8. The zero-order valence-corrected chi connectivity index (χ0v) is 20.6. The average molecular weight is 483 g/mol. The first-order valence-electron chi connectivity index (χ1n) is 11.6. The lowest BCUT2D eigenvalue weighted by Crippen LogP contribution is -2.43. The molecule has 34 heavy (non-hydrogen) atoms. The molecule has 0 spiro atoms. The molecule has 3 heterocycles. The number of amides is 2. The molecule has 9 nitrogen and oxygen atoms in total. The minimum absolute atomic E-state index is 0.0722. The molecule has 0 saturated carbocycles. The summed E-state index contributed by atoms with van der Waals surface area (Å²) < 4.78 is 1.72. The Kier molecular flexibility index (Phi) is 7.26. The molecular weight excluding hydrogens is 452 g/mol. The standard InChI is InChI=1S/C24H30N6O3S/c1-4-10-25-22(32)17-8-6-11-29(12-17)24-28-21-20(34-24)23(33)30(14-26-21)13-19(31)27-18-9-5-7-15(2)16(18)3/h5,7,9,14,17H,4,6,8,10-13H2,1-3H3,(H,25,32)(H,27,31)/t17-/m0/s1. The van der Waals surface area contributed by atoms with Crippen LogP contribution in [-0.2, 0) is 16.1 Å². The van der Waals surface area contributed by atoms with Crippen LogP contribution in [0.1, 0.15) is 37.3 Å². The summed E-state index contributed by atoms with van der Waals surface area (Å²) in [6, 6.07) is 5.71. The molecule has 2 amide bonds. The van der Waals surface area contributed by atoms with Gasteiger partial charge in [-0.2, -0.15) is 4.98 Å². The van der Waals surface area contributed by atoms with Crippen LogP contribution in [0.5, 0.6) is 0 Å². The molecule has 0 unspecified atom stereocenters. The molecule has 180 valence electrons. The number of nitrogens with zero attached hydrogens (tertiary/aromatic N) is 4. The van der Waals surface area contributed by atoms with E-state index in [-0.39, 0.29) is 29.8 Å². The van der Waals surface area contributed by atoms with Crippen LogP contribution >= 0.6 is 11.3 Å². The molecule has 1 aromatic carbocycles. The van der Waals surface area contributed by atoms with Crippen LogP contribution in [0, 0.1) is 19.8 Å². The van der Waals surface area contributed by atoms with Gasteiger partial charge in [-0.1, -0.05) is 30.4 Å². The van der Waals surface area contributed by atoms with E-state index in [0.29, 0.717) is 28.6 Å². The number of nitrogens with one attached hydrogen (secondary N) is 2. The Labute approximate surface area is 202 Å². The molecule has 2 aromatic heterocycles. The van der Waals surface area contributed by atoms with Gasteiger partial charge in [-0.25, -0.2) is 4.98 Å². The minimum atomic E-state index is -0.293. The molecule has 4 rings (SSSR count). The second-order valence-corrected chi connectivity index (χ2v) is 9.68. The van der Waals surface area contributed by atoms with Crippen LogP contribution in [0.3, 0.4) is 0 Å². The van der Waals surface area contributed by atoms with Crippen LogP contribution in [-0.4, -0.2) is 46.0 Å². The van der Waals surface area contributed by atoms with Crippen molar-refractivity contribution in [2.45, 2.75) is 46.6 Å². The van der Waals surface area contributed by atoms with E-state index in [1.807, 2.05) is 39.0 Å². The number of anilines is 2. The van der Waals surface area contributed by atoms with Gasteiger partial charge < -0.3 is 15.5 Å². The summed E-state index contributed by atoms with van der Waals surface area (Å²) in [5.41, 5.74) is 2.88. The van der Waals surface area contributed by atoms with E-state index >= 15 is 0 Å². The summed E-state index contributed by atoms with van der Waals surface area (Å²) in [6.07, 6.45) is 4.00. The monoisotopic (exact) mass is 482 g/mol. The van der Waals surface area contributed by atoms with Gasteiger partial charge in [0.2, 0.25) is 11.8 Å². The Hall–Kier alpha value is -3.27. The van der Waals surface area contributed by atoms with Crippen LogP contribution in [0.15, 0.2) is 29.3 Å². The summed E-state index contributed by atoms with van der Waals surface area (Å²) in [5.74, 6) is -0.313. The lowest BCUT2D eigenvalue weighted by Gasteiger charge is -2.31. The molecule has 1 fully saturated rings. The summed E-state index contributed by atoms with van der Waals surface area (Å²) in [7, 11) is 0. The fourth-order valence-corrected chi connectivity index (χ4v) is 5.08. The van der Waals surface area contributed by atoms with Gasteiger partial charge in [0.05, 0.1) is 5.92 Å². The number of thiazole rings is 1. The van der Waals surface area contributed by atoms with Gasteiger partial charge in [0.1, 0.15) is 17.6 Å². The van der Waals surface area contributed by atoms with Gasteiger partial charge in [-0.3, -0.25) is 19.0 Å². The summed E-state index contributed by atoms with van der Waals surface area (Å²) in [6.45, 7) is 7.86. The molecule has 1 aliphatic rings. The minimum Gasteiger partial charge on any atom is -0.356 e. The second-order valence-electron chi connectivity index (χ2n) is 8.70. The highest BCUT2D eigenvalue weighted by molar-refractivity contribution is 7.22. The number of hydrogen-bond acceptors (Lipinski definition) is 7. The van der Waals surface area contributed by atoms with Gasteiger partial charge in [0.15, 0.2) is 10.8 Å². The third kappa shape index (κ3) is 5.11. The van der Waals surface area contributed by atoms with Gasteiger partial charge in [0, 0.05) is 25.3 Å². The van der Waals surface area contributed by atoms with E-state index in [0.717, 1.165) is 42.6 Å². The number of rotatable bonds is 7. The lowest BCUT2D eigenvalue weighted by atomic mass is 9.97. The maximum Gasteiger partial charge on any atom is 0.273 e. The van der Waals surface area contributed by atoms with Gasteiger partial charge in [-0.05, 0) is 50.3 Å². The van der Waals surface area contributed by atoms with Crippen molar-refractivity contribution in [2.75, 3.05) is 29.9 Å². The first kappa shape index (κ1) is 23.9. The van der Waals surface area contributed by atoms with E-state index in [1.165, 1.54) is 22.2 Å². The smallest absolute Gasteiger partial charge is 0.273 e. The second kappa shape index (κ2) is 10.3. The molecule has 1 atom stereocenters. The molecule has 0 bridgehead atoms. The molecule has 0 radical (unpaired) electrons. The van der Waals surface area contributed by atoms with Crippen LogP contribution in [0.4, 0.5) is 10.8 Å². The molecule has 1 aliphatic heterocycles. The highest BCUT2D eigenvalue weighted by atomic mass is 32.1. The molecule has 3 aromatic rings. The largest absolute Gasteiger partial charge is 0.356 e. The molecule has 1 saturated heterocycles. The van der Waals surface area contributed by atoms with Crippen LogP contribution in [0.25, 0.3) is 10.3 Å². The fraction of sp³-hybridized carbons (Fsp3) is 0.458. The maximum atomic E-state index is 13.1. The van der Waals surface area contributed by atoms with Crippen molar-refractivity contribution < 1.29 is 9.59 Å². The Balaban J connectivity index is 1.49. The molecule has 2 N–H and O–H groups in total. The number of aryl methyl sites for hydroxylation is 1. The number of carbonyl (C=O) groups is 2. The lowest BCUT2D eigenvalue weighted by molar-refractivity contribution is -0.125.